The monoisotopic (exact) mass is 316 g/mol. The Balaban J connectivity index is 1.45. The molecule has 23 heavy (non-hydrogen) atoms. The second-order valence-electron chi connectivity index (χ2n) is 5.28. The number of aryl methyl sites for hydroxylation is 2. The summed E-state index contributed by atoms with van der Waals surface area (Å²) in [6.07, 6.45) is 3.39. The molecule has 1 aliphatic carbocycles. The molecule has 0 saturated heterocycles. The minimum absolute atomic E-state index is 0.0887. The molecule has 0 fully saturated rings. The van der Waals surface area contributed by atoms with Crippen LogP contribution in [0.2, 0.25) is 0 Å². The van der Waals surface area contributed by atoms with E-state index in [4.69, 9.17) is 9.15 Å². The van der Waals surface area contributed by atoms with E-state index in [1.807, 2.05) is 12.1 Å². The van der Waals surface area contributed by atoms with Crippen molar-refractivity contribution in [2.45, 2.75) is 19.3 Å². The maximum atomic E-state index is 11.8. The molecule has 7 heteroatoms. The number of furan rings is 1. The van der Waals surface area contributed by atoms with Gasteiger partial charge in [-0.1, -0.05) is 6.07 Å². The average molecular weight is 316 g/mol. The molecule has 0 saturated carbocycles. The zero-order valence-corrected chi connectivity index (χ0v) is 12.4. The van der Waals surface area contributed by atoms with Gasteiger partial charge in [0.1, 0.15) is 17.3 Å². The second-order valence-corrected chi connectivity index (χ2v) is 5.28. The van der Waals surface area contributed by atoms with Gasteiger partial charge in [0.2, 0.25) is 0 Å². The summed E-state index contributed by atoms with van der Waals surface area (Å²) in [6.45, 7) is 0.595. The third-order valence-corrected chi connectivity index (χ3v) is 3.72. The van der Waals surface area contributed by atoms with Crippen molar-refractivity contribution < 1.29 is 18.9 Å². The van der Waals surface area contributed by atoms with Crippen LogP contribution >= 0.6 is 0 Å². The number of fused-ring (bicyclic) bond motifs is 1. The molecule has 1 heterocycles. The zero-order valence-electron chi connectivity index (χ0n) is 12.4. The SMILES string of the molecule is O=C(NCCOc1ccc2c(c1)CCC2)c1ccc([N+](=O)[O-])o1. The van der Waals surface area contributed by atoms with E-state index in [-0.39, 0.29) is 12.3 Å². The fourth-order valence-corrected chi connectivity index (χ4v) is 2.61. The van der Waals surface area contributed by atoms with Crippen LogP contribution in [0.4, 0.5) is 5.88 Å². The van der Waals surface area contributed by atoms with E-state index in [2.05, 4.69) is 11.4 Å². The van der Waals surface area contributed by atoms with Crippen LogP contribution in [0.25, 0.3) is 0 Å². The predicted molar refractivity (Wildman–Crippen MR) is 81.7 cm³/mol. The van der Waals surface area contributed by atoms with Gasteiger partial charge in [-0.15, -0.1) is 0 Å². The first-order valence-electron chi connectivity index (χ1n) is 7.40. The summed E-state index contributed by atoms with van der Waals surface area (Å²) in [6, 6.07) is 8.48. The minimum Gasteiger partial charge on any atom is -0.492 e. The van der Waals surface area contributed by atoms with E-state index >= 15 is 0 Å². The molecular formula is C16H16N2O5. The van der Waals surface area contributed by atoms with Gasteiger partial charge in [-0.2, -0.15) is 0 Å². The highest BCUT2D eigenvalue weighted by Crippen LogP contribution is 2.25. The summed E-state index contributed by atoms with van der Waals surface area (Å²) < 4.78 is 10.4. The van der Waals surface area contributed by atoms with E-state index in [1.54, 1.807) is 0 Å². The topological polar surface area (TPSA) is 94.6 Å². The standard InChI is InChI=1S/C16H16N2O5/c19-16(14-6-7-15(23-14)18(20)21)17-8-9-22-13-5-4-11-2-1-3-12(11)10-13/h4-7,10H,1-3,8-9H2,(H,17,19). The lowest BCUT2D eigenvalue weighted by Crippen LogP contribution is -2.27. The molecule has 0 unspecified atom stereocenters. The van der Waals surface area contributed by atoms with E-state index in [9.17, 15) is 14.9 Å². The molecule has 0 radical (unpaired) electrons. The fraction of sp³-hybridized carbons (Fsp3) is 0.312. The summed E-state index contributed by atoms with van der Waals surface area (Å²) in [5.41, 5.74) is 2.71. The van der Waals surface area contributed by atoms with Crippen molar-refractivity contribution in [3.05, 3.63) is 57.3 Å². The Kier molecular flexibility index (Phi) is 4.27. The van der Waals surface area contributed by atoms with Gasteiger partial charge in [-0.3, -0.25) is 14.9 Å². The maximum Gasteiger partial charge on any atom is 0.433 e. The summed E-state index contributed by atoms with van der Waals surface area (Å²) in [5.74, 6) is -0.261. The molecule has 3 rings (SSSR count). The van der Waals surface area contributed by atoms with Crippen LogP contribution in [0.3, 0.4) is 0 Å². The maximum absolute atomic E-state index is 11.8. The van der Waals surface area contributed by atoms with Gasteiger partial charge >= 0.3 is 5.88 Å². The first-order chi connectivity index (χ1) is 11.1. The lowest BCUT2D eigenvalue weighted by molar-refractivity contribution is -0.402. The predicted octanol–water partition coefficient (Wildman–Crippen LogP) is 2.49. The third kappa shape index (κ3) is 3.50. The van der Waals surface area contributed by atoms with Crippen molar-refractivity contribution in [3.63, 3.8) is 0 Å². The molecule has 0 bridgehead atoms. The number of carbonyl (C=O) groups excluding carboxylic acids is 1. The highest BCUT2D eigenvalue weighted by atomic mass is 16.6. The van der Waals surface area contributed by atoms with Crippen molar-refractivity contribution in [3.8, 4) is 5.75 Å². The van der Waals surface area contributed by atoms with Gasteiger partial charge in [0.25, 0.3) is 5.91 Å². The van der Waals surface area contributed by atoms with E-state index in [0.717, 1.165) is 24.7 Å². The van der Waals surface area contributed by atoms with Gasteiger partial charge in [0.05, 0.1) is 12.6 Å². The Labute approximate surface area is 132 Å². The van der Waals surface area contributed by atoms with Crippen LogP contribution in [0.1, 0.15) is 28.1 Å². The molecular weight excluding hydrogens is 300 g/mol. The van der Waals surface area contributed by atoms with Crippen molar-refractivity contribution >= 4 is 11.8 Å². The summed E-state index contributed by atoms with van der Waals surface area (Å²) in [4.78, 5) is 21.6. The second kappa shape index (κ2) is 6.51. The molecule has 1 aliphatic rings. The van der Waals surface area contributed by atoms with Gasteiger partial charge in [0, 0.05) is 0 Å². The Bertz CT molecular complexity index is 738. The average Bonchev–Trinajstić information content (AvgIpc) is 3.19. The summed E-state index contributed by atoms with van der Waals surface area (Å²) in [7, 11) is 0. The first kappa shape index (κ1) is 15.1. The molecule has 1 aromatic carbocycles. The number of nitro groups is 1. The normalized spacial score (nSPS) is 12.7. The minimum atomic E-state index is -0.687. The van der Waals surface area contributed by atoms with E-state index in [1.165, 1.54) is 23.6 Å². The number of carbonyl (C=O) groups is 1. The van der Waals surface area contributed by atoms with E-state index in [0.29, 0.717) is 6.61 Å². The first-order valence-corrected chi connectivity index (χ1v) is 7.40. The zero-order chi connectivity index (χ0) is 16.2. The van der Waals surface area contributed by atoms with Crippen LogP contribution < -0.4 is 10.1 Å². The van der Waals surface area contributed by atoms with Crippen molar-refractivity contribution in [1.82, 2.24) is 5.32 Å². The molecule has 0 spiro atoms. The Hall–Kier alpha value is -2.83. The molecule has 1 N–H and O–H groups in total. The number of nitrogens with zero attached hydrogens (tertiary/aromatic N) is 1. The van der Waals surface area contributed by atoms with Gasteiger partial charge < -0.3 is 14.5 Å². The van der Waals surface area contributed by atoms with Crippen LogP contribution in [0.15, 0.2) is 34.7 Å². The molecule has 120 valence electrons. The lowest BCUT2D eigenvalue weighted by Gasteiger charge is -2.08. The number of nitrogens with one attached hydrogen (secondary N) is 1. The van der Waals surface area contributed by atoms with Gasteiger partial charge in [-0.05, 0) is 48.6 Å². The molecule has 2 aromatic rings. The third-order valence-electron chi connectivity index (χ3n) is 3.72. The smallest absolute Gasteiger partial charge is 0.433 e. The molecule has 1 amide bonds. The van der Waals surface area contributed by atoms with E-state index < -0.39 is 16.7 Å². The highest BCUT2D eigenvalue weighted by molar-refractivity contribution is 5.91. The Morgan fingerprint density at radius 1 is 1.26 bits per heavy atom. The van der Waals surface area contributed by atoms with Gasteiger partial charge in [0.15, 0.2) is 5.76 Å². The largest absolute Gasteiger partial charge is 0.492 e. The Morgan fingerprint density at radius 3 is 2.87 bits per heavy atom. The summed E-state index contributed by atoms with van der Waals surface area (Å²) in [5, 5.41) is 13.1. The summed E-state index contributed by atoms with van der Waals surface area (Å²) >= 11 is 0. The van der Waals surface area contributed by atoms with Crippen LogP contribution in [0.5, 0.6) is 5.75 Å². The molecule has 1 aromatic heterocycles. The number of hydrogen-bond acceptors (Lipinski definition) is 5. The molecule has 0 aliphatic heterocycles. The van der Waals surface area contributed by atoms with Crippen molar-refractivity contribution in [2.24, 2.45) is 0 Å². The van der Waals surface area contributed by atoms with Gasteiger partial charge in [-0.25, -0.2) is 0 Å². The number of hydrogen-bond donors (Lipinski definition) is 1. The van der Waals surface area contributed by atoms with Crippen LogP contribution in [-0.4, -0.2) is 24.0 Å². The highest BCUT2D eigenvalue weighted by Gasteiger charge is 2.17. The Morgan fingerprint density at radius 2 is 2.09 bits per heavy atom. The lowest BCUT2D eigenvalue weighted by atomic mass is 10.1. The van der Waals surface area contributed by atoms with Crippen molar-refractivity contribution in [1.29, 1.82) is 0 Å². The quantitative estimate of drug-likeness (QED) is 0.502. The molecule has 0 atom stereocenters. The molecule has 7 nitrogen and oxygen atoms in total. The number of ether oxygens (including phenoxy) is 1. The van der Waals surface area contributed by atoms with Crippen LogP contribution in [0, 0.1) is 10.1 Å². The number of amides is 1. The fourth-order valence-electron chi connectivity index (χ4n) is 2.61. The van der Waals surface area contributed by atoms with Crippen molar-refractivity contribution in [2.75, 3.05) is 13.2 Å². The number of benzene rings is 1. The number of rotatable bonds is 6. The van der Waals surface area contributed by atoms with Crippen LogP contribution in [-0.2, 0) is 12.8 Å².